The summed E-state index contributed by atoms with van der Waals surface area (Å²) >= 11 is 0. The lowest BCUT2D eigenvalue weighted by molar-refractivity contribution is -0.121. The SMILES string of the molecule is CN(C(=O)C1CCS(=O)(=O)C1)c1ccccc1/C(N)=N/O. The van der Waals surface area contributed by atoms with Crippen LogP contribution in [0.5, 0.6) is 0 Å². The van der Waals surface area contributed by atoms with Crippen molar-refractivity contribution in [1.29, 1.82) is 0 Å². The van der Waals surface area contributed by atoms with Gasteiger partial charge in [0, 0.05) is 12.6 Å². The molecule has 8 heteroatoms. The van der Waals surface area contributed by atoms with Crippen molar-refractivity contribution in [3.63, 3.8) is 0 Å². The van der Waals surface area contributed by atoms with E-state index in [1.54, 1.807) is 31.3 Å². The normalized spacial score (nSPS) is 21.2. The highest BCUT2D eigenvalue weighted by atomic mass is 32.2. The molecule has 2 rings (SSSR count). The van der Waals surface area contributed by atoms with E-state index in [1.807, 2.05) is 0 Å². The van der Waals surface area contributed by atoms with Crippen LogP contribution in [0.3, 0.4) is 0 Å². The van der Waals surface area contributed by atoms with Crippen LogP contribution in [0.25, 0.3) is 0 Å². The van der Waals surface area contributed by atoms with Gasteiger partial charge in [-0.15, -0.1) is 0 Å². The maximum atomic E-state index is 12.4. The number of anilines is 1. The average molecular weight is 311 g/mol. The van der Waals surface area contributed by atoms with Crippen molar-refractivity contribution in [2.45, 2.75) is 6.42 Å². The Labute approximate surface area is 123 Å². The van der Waals surface area contributed by atoms with Gasteiger partial charge in [-0.2, -0.15) is 0 Å². The number of sulfone groups is 1. The molecule has 1 aliphatic rings. The number of oxime groups is 1. The molecule has 0 spiro atoms. The summed E-state index contributed by atoms with van der Waals surface area (Å²) in [4.78, 5) is 13.8. The van der Waals surface area contributed by atoms with Crippen molar-refractivity contribution in [3.05, 3.63) is 29.8 Å². The number of para-hydroxylation sites is 1. The van der Waals surface area contributed by atoms with Gasteiger partial charge in [0.25, 0.3) is 0 Å². The molecule has 7 nitrogen and oxygen atoms in total. The van der Waals surface area contributed by atoms with E-state index >= 15 is 0 Å². The van der Waals surface area contributed by atoms with Gasteiger partial charge in [0.05, 0.1) is 23.1 Å². The molecule has 0 saturated carbocycles. The Morgan fingerprint density at radius 2 is 2.10 bits per heavy atom. The number of carbonyl (C=O) groups excluding carboxylic acids is 1. The van der Waals surface area contributed by atoms with Crippen LogP contribution in [0.15, 0.2) is 29.4 Å². The van der Waals surface area contributed by atoms with Crippen molar-refractivity contribution >= 4 is 27.3 Å². The van der Waals surface area contributed by atoms with Gasteiger partial charge in [0.2, 0.25) is 5.91 Å². The first kappa shape index (κ1) is 15.3. The number of benzene rings is 1. The molecule has 1 aromatic rings. The molecule has 0 bridgehead atoms. The molecule has 1 heterocycles. The molecule has 21 heavy (non-hydrogen) atoms. The largest absolute Gasteiger partial charge is 0.409 e. The molecule has 1 atom stereocenters. The van der Waals surface area contributed by atoms with Crippen molar-refractivity contribution < 1.29 is 18.4 Å². The fraction of sp³-hybridized carbons (Fsp3) is 0.385. The van der Waals surface area contributed by atoms with Crippen LogP contribution in [0, 0.1) is 5.92 Å². The Morgan fingerprint density at radius 3 is 2.67 bits per heavy atom. The highest BCUT2D eigenvalue weighted by Crippen LogP contribution is 2.25. The highest BCUT2D eigenvalue weighted by Gasteiger charge is 2.35. The summed E-state index contributed by atoms with van der Waals surface area (Å²) in [5, 5.41) is 11.7. The summed E-state index contributed by atoms with van der Waals surface area (Å²) in [6, 6.07) is 6.71. The highest BCUT2D eigenvalue weighted by molar-refractivity contribution is 7.91. The second-order valence-corrected chi connectivity index (χ2v) is 7.23. The lowest BCUT2D eigenvalue weighted by Crippen LogP contribution is -2.35. The minimum atomic E-state index is -3.12. The molecule has 0 aromatic heterocycles. The Kier molecular flexibility index (Phi) is 4.17. The van der Waals surface area contributed by atoms with E-state index in [-0.39, 0.29) is 23.2 Å². The van der Waals surface area contributed by atoms with Gasteiger partial charge in [-0.05, 0) is 18.6 Å². The van der Waals surface area contributed by atoms with Gasteiger partial charge in [-0.25, -0.2) is 8.42 Å². The molecule has 0 radical (unpaired) electrons. The lowest BCUT2D eigenvalue weighted by Gasteiger charge is -2.22. The summed E-state index contributed by atoms with van der Waals surface area (Å²) in [6.45, 7) is 0. The molecule has 1 fully saturated rings. The van der Waals surface area contributed by atoms with Gasteiger partial charge in [-0.3, -0.25) is 4.79 Å². The quantitative estimate of drug-likeness (QED) is 0.358. The van der Waals surface area contributed by atoms with Crippen LogP contribution in [0.4, 0.5) is 5.69 Å². The van der Waals surface area contributed by atoms with Crippen LogP contribution >= 0.6 is 0 Å². The first-order valence-corrected chi connectivity index (χ1v) is 8.23. The molecule has 1 aliphatic heterocycles. The molecule has 1 saturated heterocycles. The summed E-state index contributed by atoms with van der Waals surface area (Å²) in [5.41, 5.74) is 6.48. The number of amidine groups is 1. The standard InChI is InChI=1S/C13H17N3O4S/c1-16(13(17)9-6-7-21(19,20)8-9)11-5-3-2-4-10(11)12(14)15-18/h2-5,9,18H,6-8H2,1H3,(H2,14,15). The molecule has 1 amide bonds. The zero-order valence-electron chi connectivity index (χ0n) is 11.6. The van der Waals surface area contributed by atoms with Crippen molar-refractivity contribution in [2.24, 2.45) is 16.8 Å². The van der Waals surface area contributed by atoms with Crippen molar-refractivity contribution in [1.82, 2.24) is 0 Å². The van der Waals surface area contributed by atoms with Gasteiger partial charge >= 0.3 is 0 Å². The van der Waals surface area contributed by atoms with Crippen LogP contribution in [-0.4, -0.2) is 43.9 Å². The molecule has 1 unspecified atom stereocenters. The zero-order valence-corrected chi connectivity index (χ0v) is 12.4. The van der Waals surface area contributed by atoms with E-state index in [9.17, 15) is 13.2 Å². The molecule has 114 valence electrons. The maximum absolute atomic E-state index is 12.4. The summed E-state index contributed by atoms with van der Waals surface area (Å²) in [7, 11) is -1.57. The second-order valence-electron chi connectivity index (χ2n) is 5.00. The lowest BCUT2D eigenvalue weighted by atomic mass is 10.1. The van der Waals surface area contributed by atoms with E-state index in [1.165, 1.54) is 4.90 Å². The monoisotopic (exact) mass is 311 g/mol. The van der Waals surface area contributed by atoms with E-state index in [0.717, 1.165) is 0 Å². The number of rotatable bonds is 3. The fourth-order valence-corrected chi connectivity index (χ4v) is 4.15. The minimum absolute atomic E-state index is 0.0408. The minimum Gasteiger partial charge on any atom is -0.409 e. The third-order valence-corrected chi connectivity index (χ3v) is 5.33. The van der Waals surface area contributed by atoms with Gasteiger partial charge < -0.3 is 15.8 Å². The Morgan fingerprint density at radius 1 is 1.43 bits per heavy atom. The molecule has 3 N–H and O–H groups in total. The van der Waals surface area contributed by atoms with E-state index < -0.39 is 15.8 Å². The first-order chi connectivity index (χ1) is 9.85. The molecular formula is C13H17N3O4S. The molecule has 1 aromatic carbocycles. The third kappa shape index (κ3) is 3.15. The average Bonchev–Trinajstić information content (AvgIpc) is 2.85. The van der Waals surface area contributed by atoms with Crippen LogP contribution in [-0.2, 0) is 14.6 Å². The Bertz CT molecular complexity index is 684. The number of hydrogen-bond donors (Lipinski definition) is 2. The smallest absolute Gasteiger partial charge is 0.230 e. The fourth-order valence-electron chi connectivity index (χ4n) is 2.42. The van der Waals surface area contributed by atoms with E-state index in [2.05, 4.69) is 5.16 Å². The van der Waals surface area contributed by atoms with Crippen molar-refractivity contribution in [3.8, 4) is 0 Å². The topological polar surface area (TPSA) is 113 Å². The summed E-state index contributed by atoms with van der Waals surface area (Å²) in [5.74, 6) is -1.01. The van der Waals surface area contributed by atoms with Crippen LogP contribution in [0.2, 0.25) is 0 Å². The first-order valence-electron chi connectivity index (χ1n) is 6.40. The second kappa shape index (κ2) is 5.72. The predicted molar refractivity (Wildman–Crippen MR) is 79.1 cm³/mol. The number of hydrogen-bond acceptors (Lipinski definition) is 5. The number of carbonyl (C=O) groups is 1. The zero-order chi connectivity index (χ0) is 15.6. The third-order valence-electron chi connectivity index (χ3n) is 3.56. The van der Waals surface area contributed by atoms with Crippen LogP contribution in [0.1, 0.15) is 12.0 Å². The maximum Gasteiger partial charge on any atom is 0.230 e. The van der Waals surface area contributed by atoms with Crippen molar-refractivity contribution in [2.75, 3.05) is 23.5 Å². The number of nitrogens with two attached hydrogens (primary N) is 1. The summed E-state index contributed by atoms with van der Waals surface area (Å²) < 4.78 is 23.0. The summed E-state index contributed by atoms with van der Waals surface area (Å²) in [6.07, 6.45) is 0.331. The number of amides is 1. The predicted octanol–water partition coefficient (Wildman–Crippen LogP) is 0.179. The Balaban J connectivity index is 2.29. The van der Waals surface area contributed by atoms with E-state index in [0.29, 0.717) is 17.7 Å². The van der Waals surface area contributed by atoms with Gasteiger partial charge in [0.15, 0.2) is 15.7 Å². The van der Waals surface area contributed by atoms with Gasteiger partial charge in [-0.1, -0.05) is 17.3 Å². The van der Waals surface area contributed by atoms with Crippen LogP contribution < -0.4 is 10.6 Å². The Hall–Kier alpha value is -2.09. The molecule has 0 aliphatic carbocycles. The number of nitrogens with zero attached hydrogens (tertiary/aromatic N) is 2. The van der Waals surface area contributed by atoms with E-state index in [4.69, 9.17) is 10.9 Å². The van der Waals surface area contributed by atoms with Gasteiger partial charge in [0.1, 0.15) is 0 Å². The molecular weight excluding hydrogens is 294 g/mol.